The minimum absolute atomic E-state index is 0.00438. The van der Waals surface area contributed by atoms with Crippen LogP contribution in [0.1, 0.15) is 54.1 Å². The summed E-state index contributed by atoms with van der Waals surface area (Å²) in [5.74, 6) is 0.532. The lowest BCUT2D eigenvalue weighted by atomic mass is 10.0. The number of rotatable bonds is 11. The Bertz CT molecular complexity index is 880. The first-order valence-corrected chi connectivity index (χ1v) is 11.5. The standard InChI is InChI=1S/C25H31ClN2O4/c1-32-21-13-9-18(10-14-21)23(29)5-4-6-24(30)27-22(17-28-15-2-3-16-28)25(31)19-7-11-20(26)12-8-19/h7-14,22,25,31H,2-6,15-17H2,1H3,(H,27,30)/t22-,25-/m1/s1. The highest BCUT2D eigenvalue weighted by atomic mass is 35.5. The van der Waals surface area contributed by atoms with Crippen LogP contribution >= 0.6 is 11.6 Å². The van der Waals surface area contributed by atoms with Crippen molar-refractivity contribution in [3.05, 3.63) is 64.7 Å². The van der Waals surface area contributed by atoms with Gasteiger partial charge in [-0.1, -0.05) is 23.7 Å². The van der Waals surface area contributed by atoms with Crippen molar-refractivity contribution >= 4 is 23.3 Å². The maximum absolute atomic E-state index is 12.6. The highest BCUT2D eigenvalue weighted by Crippen LogP contribution is 2.22. The molecule has 2 N–H and O–H groups in total. The smallest absolute Gasteiger partial charge is 0.220 e. The van der Waals surface area contributed by atoms with Gasteiger partial charge in [-0.3, -0.25) is 9.59 Å². The lowest BCUT2D eigenvalue weighted by molar-refractivity contribution is -0.123. The Kier molecular flexibility index (Phi) is 9.09. The fourth-order valence-corrected chi connectivity index (χ4v) is 4.10. The number of amides is 1. The van der Waals surface area contributed by atoms with E-state index in [2.05, 4.69) is 10.2 Å². The third-order valence-corrected chi connectivity index (χ3v) is 6.06. The minimum Gasteiger partial charge on any atom is -0.497 e. The number of aliphatic hydroxyl groups excluding tert-OH is 1. The van der Waals surface area contributed by atoms with Gasteiger partial charge in [0.2, 0.25) is 5.91 Å². The third-order valence-electron chi connectivity index (χ3n) is 5.81. The Balaban J connectivity index is 1.54. The lowest BCUT2D eigenvalue weighted by Gasteiger charge is -2.28. The number of hydrogen-bond acceptors (Lipinski definition) is 5. The Labute approximate surface area is 194 Å². The Morgan fingerprint density at radius 3 is 2.34 bits per heavy atom. The van der Waals surface area contributed by atoms with E-state index in [9.17, 15) is 14.7 Å². The molecule has 6 nitrogen and oxygen atoms in total. The highest BCUT2D eigenvalue weighted by molar-refractivity contribution is 6.30. The molecule has 0 unspecified atom stereocenters. The van der Waals surface area contributed by atoms with Gasteiger partial charge in [0.1, 0.15) is 11.9 Å². The third kappa shape index (κ3) is 7.05. The van der Waals surface area contributed by atoms with Crippen molar-refractivity contribution in [2.24, 2.45) is 0 Å². The van der Waals surface area contributed by atoms with E-state index < -0.39 is 12.1 Å². The molecule has 2 aromatic rings. The van der Waals surface area contributed by atoms with Crippen molar-refractivity contribution in [1.29, 1.82) is 0 Å². The largest absolute Gasteiger partial charge is 0.497 e. The fraction of sp³-hybridized carbons (Fsp3) is 0.440. The normalized spacial score (nSPS) is 15.8. The zero-order chi connectivity index (χ0) is 22.9. The van der Waals surface area contributed by atoms with Crippen LogP contribution in [0, 0.1) is 0 Å². The molecule has 0 radical (unpaired) electrons. The van der Waals surface area contributed by atoms with Gasteiger partial charge in [-0.15, -0.1) is 0 Å². The molecule has 1 amide bonds. The number of halogens is 1. The van der Waals surface area contributed by atoms with E-state index in [0.29, 0.717) is 34.9 Å². The van der Waals surface area contributed by atoms with Gasteiger partial charge in [-0.2, -0.15) is 0 Å². The molecule has 0 saturated carbocycles. The van der Waals surface area contributed by atoms with E-state index in [4.69, 9.17) is 16.3 Å². The molecule has 1 saturated heterocycles. The molecule has 0 spiro atoms. The number of nitrogens with one attached hydrogen (secondary N) is 1. The van der Waals surface area contributed by atoms with Crippen molar-refractivity contribution in [2.75, 3.05) is 26.7 Å². The number of likely N-dealkylation sites (tertiary alicyclic amines) is 1. The van der Waals surface area contributed by atoms with Gasteiger partial charge in [0.15, 0.2) is 5.78 Å². The fourth-order valence-electron chi connectivity index (χ4n) is 3.97. The Morgan fingerprint density at radius 2 is 1.72 bits per heavy atom. The molecule has 1 fully saturated rings. The van der Waals surface area contributed by atoms with Gasteiger partial charge < -0.3 is 20.1 Å². The molecule has 1 aliphatic heterocycles. The predicted octanol–water partition coefficient (Wildman–Crippen LogP) is 4.02. The summed E-state index contributed by atoms with van der Waals surface area (Å²) in [7, 11) is 1.58. The van der Waals surface area contributed by atoms with Gasteiger partial charge in [0.25, 0.3) is 0 Å². The number of aliphatic hydroxyl groups is 1. The van der Waals surface area contributed by atoms with Crippen LogP contribution in [0.3, 0.4) is 0 Å². The van der Waals surface area contributed by atoms with E-state index in [0.717, 1.165) is 25.9 Å². The molecule has 3 rings (SSSR count). The summed E-state index contributed by atoms with van der Waals surface area (Å²) in [6.45, 7) is 2.52. The second kappa shape index (κ2) is 12.0. The Morgan fingerprint density at radius 1 is 1.06 bits per heavy atom. The van der Waals surface area contributed by atoms with Crippen LogP contribution in [-0.2, 0) is 4.79 Å². The number of nitrogens with zero attached hydrogens (tertiary/aromatic N) is 1. The monoisotopic (exact) mass is 458 g/mol. The molecule has 7 heteroatoms. The number of ketones is 1. The summed E-state index contributed by atoms with van der Waals surface area (Å²) in [4.78, 5) is 27.3. The summed E-state index contributed by atoms with van der Waals surface area (Å²) in [5, 5.41) is 14.5. The average Bonchev–Trinajstić information content (AvgIpc) is 3.32. The molecule has 2 aromatic carbocycles. The van der Waals surface area contributed by atoms with Crippen LogP contribution in [0.25, 0.3) is 0 Å². The maximum atomic E-state index is 12.6. The Hall–Kier alpha value is -2.41. The maximum Gasteiger partial charge on any atom is 0.220 e. The van der Waals surface area contributed by atoms with Crippen molar-refractivity contribution < 1.29 is 19.4 Å². The summed E-state index contributed by atoms with van der Waals surface area (Å²) in [6.07, 6.45) is 2.39. The van der Waals surface area contributed by atoms with Crippen LogP contribution in [0.15, 0.2) is 48.5 Å². The van der Waals surface area contributed by atoms with Crippen LogP contribution in [0.5, 0.6) is 5.75 Å². The topological polar surface area (TPSA) is 78.9 Å². The molecule has 0 aromatic heterocycles. The first kappa shape index (κ1) is 24.2. The summed E-state index contributed by atoms with van der Waals surface area (Å²) < 4.78 is 5.11. The number of carbonyl (C=O) groups is 2. The average molecular weight is 459 g/mol. The van der Waals surface area contributed by atoms with Gasteiger partial charge in [0, 0.05) is 30.0 Å². The first-order chi connectivity index (χ1) is 15.5. The van der Waals surface area contributed by atoms with Gasteiger partial charge in [-0.25, -0.2) is 0 Å². The van der Waals surface area contributed by atoms with Crippen LogP contribution in [0.2, 0.25) is 5.02 Å². The molecule has 1 aliphatic rings. The number of Topliss-reactive ketones (excluding diaryl/α,β-unsaturated/α-hetero) is 1. The molecule has 0 bridgehead atoms. The van der Waals surface area contributed by atoms with Crippen molar-refractivity contribution in [3.8, 4) is 5.75 Å². The quantitative estimate of drug-likeness (QED) is 0.497. The van der Waals surface area contributed by atoms with Crippen LogP contribution < -0.4 is 10.1 Å². The minimum atomic E-state index is -0.835. The summed E-state index contributed by atoms with van der Waals surface area (Å²) >= 11 is 5.97. The zero-order valence-corrected chi connectivity index (χ0v) is 19.2. The molecule has 32 heavy (non-hydrogen) atoms. The van der Waals surface area contributed by atoms with Crippen molar-refractivity contribution in [2.45, 2.75) is 44.2 Å². The second-order valence-electron chi connectivity index (χ2n) is 8.18. The number of carbonyl (C=O) groups excluding carboxylic acids is 2. The van der Waals surface area contributed by atoms with E-state index in [1.54, 1.807) is 55.6 Å². The highest BCUT2D eigenvalue weighted by Gasteiger charge is 2.26. The summed E-state index contributed by atoms with van der Waals surface area (Å²) in [6, 6.07) is 13.6. The van der Waals surface area contributed by atoms with Gasteiger partial charge >= 0.3 is 0 Å². The second-order valence-corrected chi connectivity index (χ2v) is 8.62. The molecule has 1 heterocycles. The van der Waals surface area contributed by atoms with Crippen molar-refractivity contribution in [1.82, 2.24) is 10.2 Å². The molecular weight excluding hydrogens is 428 g/mol. The zero-order valence-electron chi connectivity index (χ0n) is 18.4. The van der Waals surface area contributed by atoms with E-state index in [1.165, 1.54) is 0 Å². The molecule has 2 atom stereocenters. The van der Waals surface area contributed by atoms with E-state index in [-0.39, 0.29) is 24.5 Å². The van der Waals surface area contributed by atoms with Gasteiger partial charge in [0.05, 0.1) is 13.2 Å². The number of hydrogen-bond donors (Lipinski definition) is 2. The van der Waals surface area contributed by atoms with Gasteiger partial charge in [-0.05, 0) is 74.3 Å². The van der Waals surface area contributed by atoms with Crippen LogP contribution in [-0.4, -0.2) is 54.5 Å². The van der Waals surface area contributed by atoms with E-state index >= 15 is 0 Å². The number of ether oxygens (including phenoxy) is 1. The first-order valence-electron chi connectivity index (χ1n) is 11.1. The predicted molar refractivity (Wildman–Crippen MR) is 125 cm³/mol. The molecular formula is C25H31ClN2O4. The molecule has 0 aliphatic carbocycles. The lowest BCUT2D eigenvalue weighted by Crippen LogP contribution is -2.46. The van der Waals surface area contributed by atoms with Crippen molar-refractivity contribution in [3.63, 3.8) is 0 Å². The molecule has 172 valence electrons. The van der Waals surface area contributed by atoms with E-state index in [1.807, 2.05) is 0 Å². The summed E-state index contributed by atoms with van der Waals surface area (Å²) in [5.41, 5.74) is 1.32. The number of benzene rings is 2. The van der Waals surface area contributed by atoms with Crippen LogP contribution in [0.4, 0.5) is 0 Å². The number of methoxy groups -OCH3 is 1. The SMILES string of the molecule is COc1ccc(C(=O)CCCC(=O)N[C@H](CN2CCCC2)[C@H](O)c2ccc(Cl)cc2)cc1.